The molecule has 1 amide bonds. The molecule has 1 aliphatic rings. The molecule has 2 aromatic carbocycles. The van der Waals surface area contributed by atoms with E-state index in [9.17, 15) is 13.2 Å². The number of nitrogens with one attached hydrogen (secondary N) is 1. The van der Waals surface area contributed by atoms with Crippen LogP contribution in [0.5, 0.6) is 5.75 Å². The molecule has 0 radical (unpaired) electrons. The summed E-state index contributed by atoms with van der Waals surface area (Å²) in [6.07, 6.45) is 1.84. The maximum absolute atomic E-state index is 12.7. The zero-order valence-electron chi connectivity index (χ0n) is 17.0. The molecule has 162 valence electrons. The van der Waals surface area contributed by atoms with Gasteiger partial charge in [0.25, 0.3) is 0 Å². The number of methoxy groups -OCH3 is 1. The van der Waals surface area contributed by atoms with Crippen LogP contribution in [0.2, 0.25) is 0 Å². The van der Waals surface area contributed by atoms with Crippen molar-refractivity contribution in [2.24, 2.45) is 5.92 Å². The Bertz CT molecular complexity index is 955. The quantitative estimate of drug-likeness (QED) is 0.610. The summed E-state index contributed by atoms with van der Waals surface area (Å²) in [6.45, 7) is 1.33. The molecular formula is C22H27BrN2O4S. The summed E-state index contributed by atoms with van der Waals surface area (Å²) in [5.41, 5.74) is 1.88. The van der Waals surface area contributed by atoms with E-state index in [4.69, 9.17) is 4.74 Å². The van der Waals surface area contributed by atoms with Gasteiger partial charge in [0, 0.05) is 30.0 Å². The molecule has 0 bridgehead atoms. The van der Waals surface area contributed by atoms with Crippen LogP contribution >= 0.6 is 15.9 Å². The van der Waals surface area contributed by atoms with E-state index in [1.54, 1.807) is 7.11 Å². The fraction of sp³-hybridized carbons (Fsp3) is 0.409. The minimum atomic E-state index is -3.39. The van der Waals surface area contributed by atoms with Gasteiger partial charge in [0.1, 0.15) is 5.75 Å². The Kier molecular flexibility index (Phi) is 7.91. The third-order valence-corrected chi connectivity index (χ3v) is 7.67. The first-order valence-corrected chi connectivity index (χ1v) is 12.4. The first-order valence-electron chi connectivity index (χ1n) is 10.0. The number of carbonyl (C=O) groups excluding carboxylic acids is 1. The van der Waals surface area contributed by atoms with Crippen molar-refractivity contribution in [3.8, 4) is 5.75 Å². The lowest BCUT2D eigenvalue weighted by Gasteiger charge is -2.30. The van der Waals surface area contributed by atoms with Crippen LogP contribution in [0.25, 0.3) is 0 Å². The average Bonchev–Trinajstić information content (AvgIpc) is 2.74. The summed E-state index contributed by atoms with van der Waals surface area (Å²) >= 11 is 3.37. The molecule has 0 unspecified atom stereocenters. The molecule has 30 heavy (non-hydrogen) atoms. The largest absolute Gasteiger partial charge is 0.497 e. The number of amides is 1. The highest BCUT2D eigenvalue weighted by Gasteiger charge is 2.31. The highest BCUT2D eigenvalue weighted by atomic mass is 79.9. The lowest BCUT2D eigenvalue weighted by Crippen LogP contribution is -2.43. The molecule has 1 saturated heterocycles. The molecule has 2 aromatic rings. The van der Waals surface area contributed by atoms with Crippen LogP contribution in [0, 0.1) is 5.92 Å². The predicted molar refractivity (Wildman–Crippen MR) is 121 cm³/mol. The van der Waals surface area contributed by atoms with Gasteiger partial charge in [-0.3, -0.25) is 4.79 Å². The van der Waals surface area contributed by atoms with E-state index in [2.05, 4.69) is 21.2 Å². The normalized spacial score (nSPS) is 15.7. The molecule has 1 fully saturated rings. The highest BCUT2D eigenvalue weighted by Crippen LogP contribution is 2.23. The van der Waals surface area contributed by atoms with Crippen molar-refractivity contribution in [1.29, 1.82) is 0 Å². The van der Waals surface area contributed by atoms with Gasteiger partial charge in [0.15, 0.2) is 0 Å². The number of nitrogens with zero attached hydrogens (tertiary/aromatic N) is 1. The SMILES string of the molecule is COc1ccc(CCNC(=O)C2CCN(S(=O)(=O)Cc3cccc(Br)c3)CC2)cc1. The molecule has 1 heterocycles. The minimum absolute atomic E-state index is 0.00699. The van der Waals surface area contributed by atoms with E-state index >= 15 is 0 Å². The number of hydrogen-bond donors (Lipinski definition) is 1. The molecule has 6 nitrogen and oxygen atoms in total. The maximum Gasteiger partial charge on any atom is 0.223 e. The molecular weight excluding hydrogens is 468 g/mol. The van der Waals surface area contributed by atoms with E-state index in [1.807, 2.05) is 48.5 Å². The number of benzene rings is 2. The minimum Gasteiger partial charge on any atom is -0.497 e. The average molecular weight is 495 g/mol. The van der Waals surface area contributed by atoms with Crippen LogP contribution in [-0.4, -0.2) is 45.4 Å². The van der Waals surface area contributed by atoms with E-state index in [0.29, 0.717) is 32.5 Å². The zero-order valence-corrected chi connectivity index (χ0v) is 19.4. The first-order chi connectivity index (χ1) is 14.4. The van der Waals surface area contributed by atoms with Crippen molar-refractivity contribution >= 4 is 31.9 Å². The van der Waals surface area contributed by atoms with Gasteiger partial charge in [-0.05, 0) is 54.7 Å². The monoisotopic (exact) mass is 494 g/mol. The standard InChI is InChI=1S/C22H27BrN2O4S/c1-29-21-7-5-17(6-8-21)9-12-24-22(26)19-10-13-25(14-11-19)30(27,28)16-18-3-2-4-20(23)15-18/h2-8,15,19H,9-14,16H2,1H3,(H,24,26). The summed E-state index contributed by atoms with van der Waals surface area (Å²) in [5, 5.41) is 2.99. The summed E-state index contributed by atoms with van der Waals surface area (Å²) in [5.74, 6) is 0.653. The molecule has 0 atom stereocenters. The number of carbonyl (C=O) groups is 1. The predicted octanol–water partition coefficient (Wildman–Crippen LogP) is 3.36. The lowest BCUT2D eigenvalue weighted by atomic mass is 9.97. The maximum atomic E-state index is 12.7. The van der Waals surface area contributed by atoms with Crippen molar-refractivity contribution in [2.75, 3.05) is 26.7 Å². The van der Waals surface area contributed by atoms with Crippen molar-refractivity contribution in [3.05, 3.63) is 64.1 Å². The number of halogens is 1. The summed E-state index contributed by atoms with van der Waals surface area (Å²) in [6, 6.07) is 15.1. The highest BCUT2D eigenvalue weighted by molar-refractivity contribution is 9.10. The number of ether oxygens (including phenoxy) is 1. The molecule has 0 saturated carbocycles. The second kappa shape index (κ2) is 10.4. The van der Waals surface area contributed by atoms with Gasteiger partial charge in [0.2, 0.25) is 15.9 Å². The molecule has 1 aliphatic heterocycles. The van der Waals surface area contributed by atoms with Crippen LogP contribution in [0.4, 0.5) is 0 Å². The molecule has 0 spiro atoms. The molecule has 0 aliphatic carbocycles. The van der Waals surface area contributed by atoms with Gasteiger partial charge >= 0.3 is 0 Å². The van der Waals surface area contributed by atoms with E-state index in [0.717, 1.165) is 27.8 Å². The number of hydrogen-bond acceptors (Lipinski definition) is 4. The van der Waals surface area contributed by atoms with Crippen LogP contribution in [0.1, 0.15) is 24.0 Å². The third kappa shape index (κ3) is 6.30. The Morgan fingerprint density at radius 3 is 2.47 bits per heavy atom. The van der Waals surface area contributed by atoms with Gasteiger partial charge in [-0.2, -0.15) is 0 Å². The zero-order chi connectivity index (χ0) is 21.6. The van der Waals surface area contributed by atoms with Gasteiger partial charge < -0.3 is 10.1 Å². The number of piperidine rings is 1. The van der Waals surface area contributed by atoms with Gasteiger partial charge in [-0.15, -0.1) is 0 Å². The fourth-order valence-corrected chi connectivity index (χ4v) is 5.59. The Balaban J connectivity index is 1.44. The van der Waals surface area contributed by atoms with Crippen molar-refractivity contribution < 1.29 is 17.9 Å². The van der Waals surface area contributed by atoms with Crippen LogP contribution in [-0.2, 0) is 27.0 Å². The Hall–Kier alpha value is -1.90. The Morgan fingerprint density at radius 1 is 1.13 bits per heavy atom. The summed E-state index contributed by atoms with van der Waals surface area (Å²) in [4.78, 5) is 12.5. The van der Waals surface area contributed by atoms with Crippen LogP contribution in [0.3, 0.4) is 0 Å². The molecule has 8 heteroatoms. The molecule has 1 N–H and O–H groups in total. The topological polar surface area (TPSA) is 75.7 Å². The van der Waals surface area contributed by atoms with Gasteiger partial charge in [0.05, 0.1) is 12.9 Å². The van der Waals surface area contributed by atoms with E-state index in [-0.39, 0.29) is 17.6 Å². The summed E-state index contributed by atoms with van der Waals surface area (Å²) < 4.78 is 33.0. The Morgan fingerprint density at radius 2 is 1.83 bits per heavy atom. The van der Waals surface area contributed by atoms with Gasteiger partial charge in [-0.1, -0.05) is 40.2 Å². The van der Waals surface area contributed by atoms with Crippen LogP contribution < -0.4 is 10.1 Å². The lowest BCUT2D eigenvalue weighted by molar-refractivity contribution is -0.126. The van der Waals surface area contributed by atoms with Gasteiger partial charge in [-0.25, -0.2) is 12.7 Å². The van der Waals surface area contributed by atoms with Crippen LogP contribution in [0.15, 0.2) is 53.0 Å². The molecule has 3 rings (SSSR count). The van der Waals surface area contributed by atoms with Crippen molar-refractivity contribution in [2.45, 2.75) is 25.0 Å². The van der Waals surface area contributed by atoms with E-state index in [1.165, 1.54) is 4.31 Å². The van der Waals surface area contributed by atoms with Crippen molar-refractivity contribution in [3.63, 3.8) is 0 Å². The summed E-state index contributed by atoms with van der Waals surface area (Å²) in [7, 11) is -1.76. The van der Waals surface area contributed by atoms with Crippen molar-refractivity contribution in [1.82, 2.24) is 9.62 Å². The molecule has 0 aromatic heterocycles. The Labute approximate surface area is 186 Å². The smallest absolute Gasteiger partial charge is 0.223 e. The number of sulfonamides is 1. The second-order valence-electron chi connectivity index (χ2n) is 7.45. The van der Waals surface area contributed by atoms with E-state index < -0.39 is 10.0 Å². The number of rotatable bonds is 8. The fourth-order valence-electron chi connectivity index (χ4n) is 3.59. The first kappa shape index (κ1) is 22.8. The third-order valence-electron chi connectivity index (χ3n) is 5.33. The second-order valence-corrected chi connectivity index (χ2v) is 10.3.